The van der Waals surface area contributed by atoms with Gasteiger partial charge in [0, 0.05) is 44.9 Å². The number of nitrogens with zero attached hydrogens (tertiary/aromatic N) is 4. The predicted octanol–water partition coefficient (Wildman–Crippen LogP) is 1.34. The molecule has 3 heterocycles. The van der Waals surface area contributed by atoms with Gasteiger partial charge < -0.3 is 9.80 Å². The minimum Gasteiger partial charge on any atom is -0.342 e. The first-order chi connectivity index (χ1) is 11.1. The molecule has 1 aromatic heterocycles. The molecule has 3 aliphatic rings. The summed E-state index contributed by atoms with van der Waals surface area (Å²) >= 11 is 0. The van der Waals surface area contributed by atoms with Gasteiger partial charge in [-0.15, -0.1) is 0 Å². The fourth-order valence-electron chi connectivity index (χ4n) is 3.95. The molecule has 0 N–H and O–H groups in total. The van der Waals surface area contributed by atoms with Crippen LogP contribution in [-0.2, 0) is 16.6 Å². The molecule has 1 aliphatic carbocycles. The molecule has 6 nitrogen and oxygen atoms in total. The highest BCUT2D eigenvalue weighted by atomic mass is 16.2. The van der Waals surface area contributed by atoms with Gasteiger partial charge in [0.1, 0.15) is 0 Å². The van der Waals surface area contributed by atoms with Gasteiger partial charge in [0.2, 0.25) is 11.8 Å². The van der Waals surface area contributed by atoms with Crippen LogP contribution in [0.4, 0.5) is 0 Å². The molecule has 2 amide bonds. The Balaban J connectivity index is 1.44. The Labute approximate surface area is 136 Å². The van der Waals surface area contributed by atoms with Crippen LogP contribution >= 0.6 is 0 Å². The molecule has 0 aromatic carbocycles. The van der Waals surface area contributed by atoms with Crippen molar-refractivity contribution < 1.29 is 9.59 Å². The zero-order valence-electron chi connectivity index (χ0n) is 13.6. The van der Waals surface area contributed by atoms with Crippen LogP contribution in [0.3, 0.4) is 0 Å². The van der Waals surface area contributed by atoms with Crippen molar-refractivity contribution in [2.24, 2.45) is 18.9 Å². The molecule has 2 atom stereocenters. The zero-order chi connectivity index (χ0) is 16.0. The number of amides is 2. The smallest absolute Gasteiger partial charge is 0.228 e. The third-order valence-electron chi connectivity index (χ3n) is 5.38. The number of hydrogen-bond donors (Lipinski definition) is 0. The average molecular weight is 316 g/mol. The number of aromatic nitrogens is 2. The highest BCUT2D eigenvalue weighted by Crippen LogP contribution is 2.36. The van der Waals surface area contributed by atoms with Crippen LogP contribution in [0, 0.1) is 11.8 Å². The van der Waals surface area contributed by atoms with Gasteiger partial charge in [-0.2, -0.15) is 5.10 Å². The number of carbonyl (C=O) groups excluding carboxylic acids is 2. The van der Waals surface area contributed by atoms with E-state index in [2.05, 4.69) is 5.10 Å². The average Bonchev–Trinajstić information content (AvgIpc) is 2.91. The summed E-state index contributed by atoms with van der Waals surface area (Å²) in [5.41, 5.74) is 1.11. The summed E-state index contributed by atoms with van der Waals surface area (Å²) in [6.45, 7) is 2.27. The highest BCUT2D eigenvalue weighted by molar-refractivity contribution is 5.89. The predicted molar refractivity (Wildman–Crippen MR) is 84.3 cm³/mol. The molecule has 2 saturated heterocycles. The summed E-state index contributed by atoms with van der Waals surface area (Å²) in [5.74, 6) is 0.844. The van der Waals surface area contributed by atoms with E-state index in [0.29, 0.717) is 18.9 Å². The molecule has 4 rings (SSSR count). The largest absolute Gasteiger partial charge is 0.342 e. The Morgan fingerprint density at radius 2 is 2.17 bits per heavy atom. The van der Waals surface area contributed by atoms with Crippen LogP contribution < -0.4 is 0 Å². The first kappa shape index (κ1) is 14.7. The van der Waals surface area contributed by atoms with E-state index in [-0.39, 0.29) is 23.8 Å². The van der Waals surface area contributed by atoms with E-state index in [0.717, 1.165) is 31.5 Å². The summed E-state index contributed by atoms with van der Waals surface area (Å²) in [6, 6.07) is 0.129. The van der Waals surface area contributed by atoms with E-state index in [1.165, 1.54) is 12.8 Å². The van der Waals surface area contributed by atoms with Crippen molar-refractivity contribution in [3.8, 4) is 0 Å². The maximum atomic E-state index is 13.0. The third kappa shape index (κ3) is 2.86. The fraction of sp³-hybridized carbons (Fsp3) is 0.706. The van der Waals surface area contributed by atoms with Gasteiger partial charge in [-0.25, -0.2) is 0 Å². The lowest BCUT2D eigenvalue weighted by Gasteiger charge is -2.26. The molecule has 1 aromatic rings. The summed E-state index contributed by atoms with van der Waals surface area (Å²) in [6.07, 6.45) is 8.73. The number of hydrogen-bond acceptors (Lipinski definition) is 3. The van der Waals surface area contributed by atoms with Crippen LogP contribution in [0.15, 0.2) is 12.4 Å². The minimum atomic E-state index is -0.154. The van der Waals surface area contributed by atoms with Gasteiger partial charge in [0.05, 0.1) is 18.2 Å². The Bertz CT molecular complexity index is 622. The van der Waals surface area contributed by atoms with Gasteiger partial charge in [-0.3, -0.25) is 14.3 Å². The molecule has 0 bridgehead atoms. The second-order valence-corrected chi connectivity index (χ2v) is 7.28. The number of carbonyl (C=O) groups is 2. The van der Waals surface area contributed by atoms with Gasteiger partial charge in [-0.05, 0) is 31.6 Å². The Morgan fingerprint density at radius 3 is 2.87 bits per heavy atom. The van der Waals surface area contributed by atoms with E-state index in [1.54, 1.807) is 4.68 Å². The second kappa shape index (κ2) is 5.65. The van der Waals surface area contributed by atoms with Gasteiger partial charge in [-0.1, -0.05) is 0 Å². The van der Waals surface area contributed by atoms with Crippen molar-refractivity contribution in [2.75, 3.05) is 19.6 Å². The van der Waals surface area contributed by atoms with Crippen LogP contribution in [-0.4, -0.2) is 51.0 Å². The van der Waals surface area contributed by atoms with Crippen molar-refractivity contribution in [1.29, 1.82) is 0 Å². The van der Waals surface area contributed by atoms with Crippen molar-refractivity contribution in [1.82, 2.24) is 19.6 Å². The third-order valence-corrected chi connectivity index (χ3v) is 5.38. The summed E-state index contributed by atoms with van der Waals surface area (Å²) < 4.78 is 1.78. The number of rotatable bonds is 4. The maximum absolute atomic E-state index is 13.0. The Kier molecular flexibility index (Phi) is 3.62. The van der Waals surface area contributed by atoms with Crippen molar-refractivity contribution in [3.63, 3.8) is 0 Å². The quantitative estimate of drug-likeness (QED) is 0.842. The number of aryl methyl sites for hydroxylation is 1. The summed E-state index contributed by atoms with van der Waals surface area (Å²) in [4.78, 5) is 29.0. The first-order valence-corrected chi connectivity index (χ1v) is 8.68. The topological polar surface area (TPSA) is 58.4 Å². The van der Waals surface area contributed by atoms with Crippen molar-refractivity contribution in [3.05, 3.63) is 18.0 Å². The molecule has 1 saturated carbocycles. The molecule has 6 heteroatoms. The molecule has 0 unspecified atom stereocenters. The van der Waals surface area contributed by atoms with Crippen molar-refractivity contribution in [2.45, 2.75) is 38.1 Å². The zero-order valence-corrected chi connectivity index (χ0v) is 13.6. The van der Waals surface area contributed by atoms with Gasteiger partial charge in [0.15, 0.2) is 0 Å². The maximum Gasteiger partial charge on any atom is 0.228 e. The summed E-state index contributed by atoms with van der Waals surface area (Å²) in [5, 5.41) is 4.23. The number of likely N-dealkylation sites (tertiary alicyclic amines) is 2. The summed E-state index contributed by atoms with van der Waals surface area (Å²) in [7, 11) is 1.90. The van der Waals surface area contributed by atoms with Crippen LogP contribution in [0.5, 0.6) is 0 Å². The van der Waals surface area contributed by atoms with Crippen LogP contribution in [0.2, 0.25) is 0 Å². The molecule has 23 heavy (non-hydrogen) atoms. The standard InChI is InChI=1S/C17H24N4O2/c1-19-10-14(8-18-19)15-3-2-6-21(15)17(23)13-7-16(22)20(11-13)9-12-4-5-12/h8,10,12-13,15H,2-7,9,11H2,1H3/t13-,15+/m1/s1. The van der Waals surface area contributed by atoms with E-state index in [4.69, 9.17) is 0 Å². The molecule has 124 valence electrons. The van der Waals surface area contributed by atoms with E-state index in [1.807, 2.05) is 29.2 Å². The van der Waals surface area contributed by atoms with E-state index in [9.17, 15) is 9.59 Å². The molecule has 2 aliphatic heterocycles. The Morgan fingerprint density at radius 1 is 1.35 bits per heavy atom. The van der Waals surface area contributed by atoms with Crippen LogP contribution in [0.25, 0.3) is 0 Å². The molecule has 0 radical (unpaired) electrons. The SMILES string of the molecule is Cn1cc([C@@H]2CCCN2C(=O)[C@@H]2CC(=O)N(CC3CC3)C2)cn1. The van der Waals surface area contributed by atoms with E-state index >= 15 is 0 Å². The molecule has 3 fully saturated rings. The van der Waals surface area contributed by atoms with Gasteiger partial charge >= 0.3 is 0 Å². The van der Waals surface area contributed by atoms with Crippen molar-refractivity contribution >= 4 is 11.8 Å². The lowest BCUT2D eigenvalue weighted by molar-refractivity contribution is -0.136. The highest BCUT2D eigenvalue weighted by Gasteiger charge is 2.41. The normalized spacial score (nSPS) is 28.0. The molecule has 0 spiro atoms. The fourth-order valence-corrected chi connectivity index (χ4v) is 3.95. The molecular formula is C17H24N4O2. The lowest BCUT2D eigenvalue weighted by atomic mass is 10.0. The lowest BCUT2D eigenvalue weighted by Crippen LogP contribution is -2.37. The minimum absolute atomic E-state index is 0.129. The molecular weight excluding hydrogens is 292 g/mol. The monoisotopic (exact) mass is 316 g/mol. The van der Waals surface area contributed by atoms with Gasteiger partial charge in [0.25, 0.3) is 0 Å². The second-order valence-electron chi connectivity index (χ2n) is 7.28. The Hall–Kier alpha value is -1.85. The van der Waals surface area contributed by atoms with Crippen LogP contribution in [0.1, 0.15) is 43.7 Å². The first-order valence-electron chi connectivity index (χ1n) is 8.68. The van der Waals surface area contributed by atoms with E-state index < -0.39 is 0 Å².